The molecule has 0 bridgehead atoms. The molecule has 4 aromatic rings. The molecule has 0 radical (unpaired) electrons. The van der Waals surface area contributed by atoms with Gasteiger partial charge in [-0.2, -0.15) is 23.5 Å². The highest BCUT2D eigenvalue weighted by atomic mass is 19.4. The van der Waals surface area contributed by atoms with Crippen LogP contribution in [0.5, 0.6) is 0 Å². The van der Waals surface area contributed by atoms with Crippen LogP contribution in [0.2, 0.25) is 0 Å². The summed E-state index contributed by atoms with van der Waals surface area (Å²) in [5.41, 5.74) is -2.18. The minimum absolute atomic E-state index is 0.0105. The molecule has 2 heterocycles. The van der Waals surface area contributed by atoms with Crippen LogP contribution in [0.1, 0.15) is 37.6 Å². The molecule has 0 spiro atoms. The van der Waals surface area contributed by atoms with Crippen molar-refractivity contribution in [3.63, 3.8) is 0 Å². The van der Waals surface area contributed by atoms with Gasteiger partial charge in [0.15, 0.2) is 5.82 Å². The molecular weight excluding hydrogens is 441 g/mol. The van der Waals surface area contributed by atoms with Crippen LogP contribution >= 0.6 is 0 Å². The van der Waals surface area contributed by atoms with E-state index < -0.39 is 39.9 Å². The molecule has 4 rings (SSSR count). The topological polar surface area (TPSA) is 70.3 Å². The molecule has 0 atom stereocenters. The van der Waals surface area contributed by atoms with E-state index in [4.69, 9.17) is 0 Å². The monoisotopic (exact) mass is 459 g/mol. The largest absolute Gasteiger partial charge is 0.418 e. The Morgan fingerprint density at radius 1 is 1.06 bits per heavy atom. The highest BCUT2D eigenvalue weighted by Gasteiger charge is 2.36. The summed E-state index contributed by atoms with van der Waals surface area (Å²) in [4.78, 5) is 6.90. The van der Waals surface area contributed by atoms with Gasteiger partial charge in [-0.05, 0) is 29.8 Å². The Bertz CT molecular complexity index is 1410. The van der Waals surface area contributed by atoms with Crippen molar-refractivity contribution in [1.29, 1.82) is 5.26 Å². The standard InChI is InChI=1S/C23H18F5N5/c1-22(2,3)20-12(10-29)19(33(4)32-20)21-30-16-9-11(17-14(24)6-5-7-15(17)25)8-13(18(16)31-21)23(26,27)28/h5-9H,1-4H3,(H,30,31). The molecule has 0 saturated heterocycles. The summed E-state index contributed by atoms with van der Waals surface area (Å²) >= 11 is 0. The maximum Gasteiger partial charge on any atom is 0.418 e. The van der Waals surface area contributed by atoms with Crippen molar-refractivity contribution in [3.05, 3.63) is 58.8 Å². The van der Waals surface area contributed by atoms with Gasteiger partial charge in [-0.15, -0.1) is 0 Å². The number of nitriles is 1. The van der Waals surface area contributed by atoms with Crippen LogP contribution in [0, 0.1) is 23.0 Å². The van der Waals surface area contributed by atoms with E-state index in [1.807, 2.05) is 20.8 Å². The minimum Gasteiger partial charge on any atom is -0.337 e. The van der Waals surface area contributed by atoms with E-state index >= 15 is 0 Å². The summed E-state index contributed by atoms with van der Waals surface area (Å²) in [6.07, 6.45) is -4.84. The van der Waals surface area contributed by atoms with E-state index in [2.05, 4.69) is 21.1 Å². The average Bonchev–Trinajstić information content (AvgIpc) is 3.26. The zero-order valence-electron chi connectivity index (χ0n) is 18.1. The van der Waals surface area contributed by atoms with Crippen LogP contribution in [0.4, 0.5) is 22.0 Å². The molecule has 0 aliphatic rings. The number of hydrogen-bond donors (Lipinski definition) is 1. The first kappa shape index (κ1) is 22.5. The zero-order valence-corrected chi connectivity index (χ0v) is 18.1. The second kappa shape index (κ2) is 7.40. The van der Waals surface area contributed by atoms with Crippen molar-refractivity contribution in [2.24, 2.45) is 7.05 Å². The van der Waals surface area contributed by atoms with Gasteiger partial charge in [0.05, 0.1) is 22.3 Å². The summed E-state index contributed by atoms with van der Waals surface area (Å²) in [7, 11) is 1.56. The molecule has 2 aromatic heterocycles. The highest BCUT2D eigenvalue weighted by molar-refractivity contribution is 5.88. The van der Waals surface area contributed by atoms with E-state index in [0.717, 1.165) is 18.2 Å². The van der Waals surface area contributed by atoms with Gasteiger partial charge in [0.25, 0.3) is 0 Å². The van der Waals surface area contributed by atoms with Crippen molar-refractivity contribution >= 4 is 11.0 Å². The van der Waals surface area contributed by atoms with Gasteiger partial charge in [0, 0.05) is 12.5 Å². The number of fused-ring (bicyclic) bond motifs is 1. The molecule has 2 aromatic carbocycles. The van der Waals surface area contributed by atoms with Crippen molar-refractivity contribution in [3.8, 4) is 28.7 Å². The molecule has 0 saturated carbocycles. The Morgan fingerprint density at radius 3 is 2.24 bits per heavy atom. The molecule has 1 N–H and O–H groups in total. The lowest BCUT2D eigenvalue weighted by atomic mass is 9.89. The first-order valence-corrected chi connectivity index (χ1v) is 9.86. The predicted octanol–water partition coefficient (Wildman–Crippen LogP) is 6.10. The number of benzene rings is 2. The summed E-state index contributed by atoms with van der Waals surface area (Å²) in [6.45, 7) is 5.57. The number of aromatic amines is 1. The van der Waals surface area contributed by atoms with E-state index in [-0.39, 0.29) is 28.2 Å². The van der Waals surface area contributed by atoms with Crippen molar-refractivity contribution in [2.45, 2.75) is 32.4 Å². The Labute approximate surface area is 185 Å². The number of rotatable bonds is 2. The van der Waals surface area contributed by atoms with Gasteiger partial charge in [0.2, 0.25) is 0 Å². The quantitative estimate of drug-likeness (QED) is 0.369. The van der Waals surface area contributed by atoms with Gasteiger partial charge in [0.1, 0.15) is 34.5 Å². The summed E-state index contributed by atoms with van der Waals surface area (Å²) < 4.78 is 71.7. The maximum absolute atomic E-state index is 14.3. The zero-order chi connectivity index (χ0) is 24.3. The predicted molar refractivity (Wildman–Crippen MR) is 112 cm³/mol. The SMILES string of the molecule is Cn1nc(C(C)(C)C)c(C#N)c1-c1nc2c(C(F)(F)F)cc(-c3c(F)cccc3F)cc2[nH]1. The molecule has 0 aliphatic carbocycles. The van der Waals surface area contributed by atoms with Gasteiger partial charge in [-0.1, -0.05) is 26.8 Å². The molecule has 0 fully saturated rings. The Balaban J connectivity index is 2.03. The average molecular weight is 459 g/mol. The summed E-state index contributed by atoms with van der Waals surface area (Å²) in [6, 6.07) is 7.01. The lowest BCUT2D eigenvalue weighted by Crippen LogP contribution is -2.14. The van der Waals surface area contributed by atoms with Crippen LogP contribution in [-0.4, -0.2) is 19.7 Å². The molecular formula is C23H18F5N5. The normalized spacial score (nSPS) is 12.4. The fourth-order valence-corrected chi connectivity index (χ4v) is 3.79. The number of nitrogens with zero attached hydrogens (tertiary/aromatic N) is 4. The third kappa shape index (κ3) is 3.73. The third-order valence-electron chi connectivity index (χ3n) is 5.24. The number of hydrogen-bond acceptors (Lipinski definition) is 3. The van der Waals surface area contributed by atoms with Crippen LogP contribution in [0.25, 0.3) is 33.7 Å². The van der Waals surface area contributed by atoms with E-state index in [1.165, 1.54) is 10.7 Å². The minimum atomic E-state index is -4.84. The molecule has 0 unspecified atom stereocenters. The van der Waals surface area contributed by atoms with Gasteiger partial charge in [-0.3, -0.25) is 4.68 Å². The lowest BCUT2D eigenvalue weighted by Gasteiger charge is -2.15. The Hall–Kier alpha value is -3.74. The molecule has 33 heavy (non-hydrogen) atoms. The number of aromatic nitrogens is 4. The number of imidazole rings is 1. The van der Waals surface area contributed by atoms with E-state index in [1.54, 1.807) is 7.05 Å². The summed E-state index contributed by atoms with van der Waals surface area (Å²) in [5.74, 6) is -1.99. The van der Waals surface area contributed by atoms with Crippen molar-refractivity contribution < 1.29 is 22.0 Å². The summed E-state index contributed by atoms with van der Waals surface area (Å²) in [5, 5.41) is 14.1. The maximum atomic E-state index is 14.3. The second-order valence-electron chi connectivity index (χ2n) is 8.66. The fraction of sp³-hybridized carbons (Fsp3) is 0.261. The highest BCUT2D eigenvalue weighted by Crippen LogP contribution is 2.40. The van der Waals surface area contributed by atoms with Crippen molar-refractivity contribution in [1.82, 2.24) is 19.7 Å². The van der Waals surface area contributed by atoms with Gasteiger partial charge < -0.3 is 4.98 Å². The molecule has 170 valence electrons. The molecule has 0 amide bonds. The first-order chi connectivity index (χ1) is 15.3. The third-order valence-corrected chi connectivity index (χ3v) is 5.24. The number of alkyl halides is 3. The lowest BCUT2D eigenvalue weighted by molar-refractivity contribution is -0.136. The smallest absolute Gasteiger partial charge is 0.337 e. The van der Waals surface area contributed by atoms with Gasteiger partial charge >= 0.3 is 6.18 Å². The second-order valence-corrected chi connectivity index (χ2v) is 8.66. The Morgan fingerprint density at radius 2 is 1.70 bits per heavy atom. The van der Waals surface area contributed by atoms with Gasteiger partial charge in [-0.25, -0.2) is 13.8 Å². The molecule has 10 heteroatoms. The fourth-order valence-electron chi connectivity index (χ4n) is 3.79. The van der Waals surface area contributed by atoms with Crippen LogP contribution < -0.4 is 0 Å². The first-order valence-electron chi connectivity index (χ1n) is 9.86. The molecule has 5 nitrogen and oxygen atoms in total. The number of halogens is 5. The Kier molecular flexibility index (Phi) is 5.04. The van der Waals surface area contributed by atoms with E-state index in [0.29, 0.717) is 11.8 Å². The van der Waals surface area contributed by atoms with Crippen LogP contribution in [-0.2, 0) is 18.6 Å². The number of aryl methyl sites for hydroxylation is 1. The molecule has 0 aliphatic heterocycles. The van der Waals surface area contributed by atoms with E-state index in [9.17, 15) is 27.2 Å². The van der Waals surface area contributed by atoms with Crippen LogP contribution in [0.3, 0.4) is 0 Å². The van der Waals surface area contributed by atoms with Crippen molar-refractivity contribution in [2.75, 3.05) is 0 Å². The number of nitrogens with one attached hydrogen (secondary N) is 1. The number of H-pyrrole nitrogens is 1. The van der Waals surface area contributed by atoms with Crippen LogP contribution in [0.15, 0.2) is 30.3 Å².